The average molecular weight is 360 g/mol. The minimum Gasteiger partial charge on any atom is -0.454 e. The third-order valence-electron chi connectivity index (χ3n) is 3.78. The van der Waals surface area contributed by atoms with Crippen molar-refractivity contribution in [3.05, 3.63) is 29.8 Å². The zero-order valence-electron chi connectivity index (χ0n) is 13.6. The highest BCUT2D eigenvalue weighted by Crippen LogP contribution is 3.02. The van der Waals surface area contributed by atoms with Crippen molar-refractivity contribution in [2.24, 2.45) is 5.41 Å². The van der Waals surface area contributed by atoms with Crippen molar-refractivity contribution in [1.29, 1.82) is 0 Å². The Morgan fingerprint density at radius 1 is 1.00 bits per heavy atom. The maximum absolute atomic E-state index is 12.7. The van der Waals surface area contributed by atoms with E-state index in [2.05, 4.69) is 0 Å². The summed E-state index contributed by atoms with van der Waals surface area (Å²) < 4.78 is 68.9. The molecule has 0 heterocycles. The summed E-state index contributed by atoms with van der Waals surface area (Å²) >= 11 is 0. The Hall–Kier alpha value is -1.31. The largest absolute Gasteiger partial charge is 0.454 e. The van der Waals surface area contributed by atoms with Crippen LogP contribution in [0.15, 0.2) is 29.2 Å². The summed E-state index contributed by atoms with van der Waals surface area (Å²) in [7, 11) is -9.70. The third-order valence-corrected chi connectivity index (χ3v) is 4.94. The van der Waals surface area contributed by atoms with E-state index in [1.54, 1.807) is 20.8 Å². The Bertz CT molecular complexity index is 603. The second-order valence-electron chi connectivity index (χ2n) is 6.63. The van der Waals surface area contributed by atoms with E-state index in [4.69, 9.17) is 4.74 Å². The number of ether oxygens (including phenoxy) is 1. The third kappa shape index (κ3) is 4.83. The van der Waals surface area contributed by atoms with Gasteiger partial charge in [0.1, 0.15) is 10.5 Å². The molecule has 134 valence electrons. The molecule has 0 unspecified atom stereocenters. The van der Waals surface area contributed by atoms with Crippen LogP contribution < -0.4 is 0 Å². The summed E-state index contributed by atoms with van der Waals surface area (Å²) in [5.74, 6) is -0.512. The molecule has 23 heavy (non-hydrogen) atoms. The summed E-state index contributed by atoms with van der Waals surface area (Å²) in [5, 5.41) is 0. The van der Waals surface area contributed by atoms with Gasteiger partial charge in [-0.05, 0) is 51.8 Å². The average Bonchev–Trinajstić information content (AvgIpc) is 2.35. The van der Waals surface area contributed by atoms with Gasteiger partial charge in [-0.25, -0.2) is 0 Å². The van der Waals surface area contributed by atoms with Crippen LogP contribution in [0.1, 0.15) is 46.6 Å². The molecule has 0 amide bonds. The Kier molecular flexibility index (Phi) is 4.16. The first-order valence-corrected chi connectivity index (χ1v) is 8.92. The monoisotopic (exact) mass is 360 g/mol. The summed E-state index contributed by atoms with van der Waals surface area (Å²) in [5.41, 5.74) is -1.79. The first-order chi connectivity index (χ1) is 9.89. The Balaban J connectivity index is 3.11. The molecule has 2 nitrogen and oxygen atoms in total. The maximum atomic E-state index is 12.7. The number of esters is 1. The van der Waals surface area contributed by atoms with Crippen LogP contribution in [0.25, 0.3) is 0 Å². The lowest BCUT2D eigenvalue weighted by Crippen LogP contribution is -2.33. The van der Waals surface area contributed by atoms with Gasteiger partial charge in [0, 0.05) is 0 Å². The highest BCUT2D eigenvalue weighted by atomic mass is 32.5. The normalized spacial score (nSPS) is 16.4. The van der Waals surface area contributed by atoms with Crippen molar-refractivity contribution in [2.75, 3.05) is 0 Å². The molecular weight excluding hydrogens is 339 g/mol. The van der Waals surface area contributed by atoms with E-state index in [1.165, 1.54) is 13.8 Å². The summed E-state index contributed by atoms with van der Waals surface area (Å²) in [6.07, 6.45) is 0.519. The number of halogens is 5. The molecule has 0 N–H and O–H groups in total. The lowest BCUT2D eigenvalue weighted by atomic mass is 9.89. The number of carbonyl (C=O) groups excluding carboxylic acids is 1. The van der Waals surface area contributed by atoms with E-state index in [-0.39, 0.29) is 5.56 Å². The molecule has 0 spiro atoms. The zero-order chi connectivity index (χ0) is 18.4. The quantitative estimate of drug-likeness (QED) is 0.439. The first kappa shape index (κ1) is 19.7. The second-order valence-corrected chi connectivity index (χ2v) is 9.04. The smallest absolute Gasteiger partial charge is 0.312 e. The highest BCUT2D eigenvalue weighted by molar-refractivity contribution is 8.45. The molecule has 0 aliphatic heterocycles. The zero-order valence-corrected chi connectivity index (χ0v) is 14.4. The van der Waals surface area contributed by atoms with Gasteiger partial charge in [0.2, 0.25) is 0 Å². The van der Waals surface area contributed by atoms with E-state index >= 15 is 0 Å². The highest BCUT2D eigenvalue weighted by Gasteiger charge is 2.65. The summed E-state index contributed by atoms with van der Waals surface area (Å²) in [4.78, 5) is 10.1. The van der Waals surface area contributed by atoms with Crippen LogP contribution >= 0.6 is 10.2 Å². The van der Waals surface area contributed by atoms with Crippen LogP contribution in [-0.2, 0) is 15.1 Å². The molecule has 0 fully saturated rings. The van der Waals surface area contributed by atoms with Crippen molar-refractivity contribution in [3.8, 4) is 0 Å². The number of rotatable bonds is 5. The molecule has 8 heteroatoms. The number of hydrogen-bond acceptors (Lipinski definition) is 2. The number of benzene rings is 1. The Morgan fingerprint density at radius 2 is 1.43 bits per heavy atom. The van der Waals surface area contributed by atoms with Gasteiger partial charge in [0.15, 0.2) is 0 Å². The molecule has 0 aliphatic carbocycles. The molecule has 0 aromatic heterocycles. The molecule has 1 aromatic rings. The second kappa shape index (κ2) is 4.84. The van der Waals surface area contributed by atoms with Crippen molar-refractivity contribution in [1.82, 2.24) is 0 Å². The molecule has 0 radical (unpaired) electrons. The van der Waals surface area contributed by atoms with Gasteiger partial charge in [-0.15, -0.1) is 0 Å². The van der Waals surface area contributed by atoms with E-state index in [1.807, 2.05) is 0 Å². The number of carbonyl (C=O) groups is 1. The van der Waals surface area contributed by atoms with Crippen molar-refractivity contribution < 1.29 is 29.0 Å². The van der Waals surface area contributed by atoms with Gasteiger partial charge in [-0.2, -0.15) is 0 Å². The minimum absolute atomic E-state index is 0.198. The summed E-state index contributed by atoms with van der Waals surface area (Å²) in [6, 6.07) is 2.44. The first-order valence-electron chi connectivity index (χ1n) is 6.97. The van der Waals surface area contributed by atoms with Gasteiger partial charge in [-0.3, -0.25) is 4.79 Å². The lowest BCUT2D eigenvalue weighted by Gasteiger charge is -2.40. The van der Waals surface area contributed by atoms with Crippen LogP contribution in [0.4, 0.5) is 19.4 Å². The van der Waals surface area contributed by atoms with E-state index < -0.39 is 32.1 Å². The molecule has 0 saturated heterocycles. The topological polar surface area (TPSA) is 26.3 Å². The Labute approximate surface area is 132 Å². The van der Waals surface area contributed by atoms with Gasteiger partial charge in [0.05, 0.1) is 5.41 Å². The van der Waals surface area contributed by atoms with E-state index in [9.17, 15) is 24.2 Å². The SMILES string of the molecule is CCC(C)(C)C(=O)OC(C)(C)c1ccc(S(F)(F)(F)(F)F)cc1. The maximum Gasteiger partial charge on any atom is 0.312 e. The fraction of sp³-hybridized carbons (Fsp3) is 0.533. The lowest BCUT2D eigenvalue weighted by molar-refractivity contribution is -0.168. The van der Waals surface area contributed by atoms with Crippen LogP contribution in [0.5, 0.6) is 0 Å². The van der Waals surface area contributed by atoms with Gasteiger partial charge in [-0.1, -0.05) is 38.5 Å². The van der Waals surface area contributed by atoms with E-state index in [0.717, 1.165) is 12.1 Å². The molecule has 0 bridgehead atoms. The molecule has 0 saturated carbocycles. The van der Waals surface area contributed by atoms with Crippen LogP contribution in [0.2, 0.25) is 0 Å². The van der Waals surface area contributed by atoms with Crippen molar-refractivity contribution >= 4 is 16.2 Å². The van der Waals surface area contributed by atoms with Crippen LogP contribution in [0.3, 0.4) is 0 Å². The minimum atomic E-state index is -9.70. The molecule has 1 aromatic carbocycles. The van der Waals surface area contributed by atoms with Gasteiger partial charge in [0.25, 0.3) is 0 Å². The van der Waals surface area contributed by atoms with Crippen molar-refractivity contribution in [2.45, 2.75) is 51.5 Å². The fourth-order valence-electron chi connectivity index (χ4n) is 1.69. The number of hydrogen-bond donors (Lipinski definition) is 0. The molecule has 0 atom stereocenters. The van der Waals surface area contributed by atoms with E-state index in [0.29, 0.717) is 18.6 Å². The van der Waals surface area contributed by atoms with Crippen LogP contribution in [-0.4, -0.2) is 5.97 Å². The standard InChI is InChI=1S/C15H21F5O2S/c1-6-14(2,3)13(21)22-15(4,5)11-7-9-12(10-8-11)23(16,17,18,19)20/h7-10H,6H2,1-5H3. The predicted molar refractivity (Wildman–Crippen MR) is 81.0 cm³/mol. The van der Waals surface area contributed by atoms with Crippen LogP contribution in [0, 0.1) is 5.41 Å². The molecule has 1 rings (SSSR count). The Morgan fingerprint density at radius 3 is 1.78 bits per heavy atom. The predicted octanol–water partition coefficient (Wildman–Crippen LogP) is 6.56. The summed E-state index contributed by atoms with van der Waals surface area (Å²) in [6.45, 7) is 8.15. The molecular formula is C15H21F5O2S. The van der Waals surface area contributed by atoms with Gasteiger partial charge < -0.3 is 4.74 Å². The molecule has 0 aliphatic rings. The fourth-order valence-corrected chi connectivity index (χ4v) is 2.34. The van der Waals surface area contributed by atoms with Gasteiger partial charge >= 0.3 is 16.2 Å². The van der Waals surface area contributed by atoms with Crippen molar-refractivity contribution in [3.63, 3.8) is 0 Å².